The molecule has 0 atom stereocenters. The topological polar surface area (TPSA) is 71.3 Å². The fourth-order valence-corrected chi connectivity index (χ4v) is 2.46. The molecule has 0 N–H and O–H groups in total. The second-order valence-corrected chi connectivity index (χ2v) is 5.29. The molecule has 1 aliphatic heterocycles. The third-order valence-electron chi connectivity index (χ3n) is 3.74. The SMILES string of the molecule is Cn1cncc1CN1CC(=O)N(CCc2cccnc2)C1=O. The predicted octanol–water partition coefficient (Wildman–Crippen LogP) is 0.822. The van der Waals surface area contributed by atoms with Gasteiger partial charge in [0.2, 0.25) is 5.91 Å². The van der Waals surface area contributed by atoms with Crippen LogP contribution in [0.3, 0.4) is 0 Å². The Bertz CT molecular complexity index is 682. The largest absolute Gasteiger partial charge is 0.336 e. The van der Waals surface area contributed by atoms with E-state index >= 15 is 0 Å². The van der Waals surface area contributed by atoms with Gasteiger partial charge in [-0.1, -0.05) is 6.07 Å². The van der Waals surface area contributed by atoms with Crippen LogP contribution in [0.15, 0.2) is 37.1 Å². The fraction of sp³-hybridized carbons (Fsp3) is 0.333. The first-order valence-corrected chi connectivity index (χ1v) is 7.08. The van der Waals surface area contributed by atoms with E-state index in [9.17, 15) is 9.59 Å². The third kappa shape index (κ3) is 2.83. The van der Waals surface area contributed by atoms with Gasteiger partial charge in [0.25, 0.3) is 0 Å². The van der Waals surface area contributed by atoms with Crippen LogP contribution in [0.4, 0.5) is 4.79 Å². The highest BCUT2D eigenvalue weighted by Crippen LogP contribution is 2.14. The number of pyridine rings is 1. The van der Waals surface area contributed by atoms with Gasteiger partial charge in [0.1, 0.15) is 6.54 Å². The number of aryl methyl sites for hydroxylation is 1. The van der Waals surface area contributed by atoms with Crippen LogP contribution >= 0.6 is 0 Å². The van der Waals surface area contributed by atoms with E-state index in [0.717, 1.165) is 11.3 Å². The zero-order valence-corrected chi connectivity index (χ0v) is 12.3. The lowest BCUT2D eigenvalue weighted by Crippen LogP contribution is -2.34. The van der Waals surface area contributed by atoms with E-state index in [0.29, 0.717) is 19.5 Å². The number of nitrogens with zero attached hydrogens (tertiary/aromatic N) is 5. The van der Waals surface area contributed by atoms with Crippen molar-refractivity contribution in [1.82, 2.24) is 24.3 Å². The van der Waals surface area contributed by atoms with E-state index in [-0.39, 0.29) is 18.5 Å². The van der Waals surface area contributed by atoms with Crippen LogP contribution in [0.5, 0.6) is 0 Å². The monoisotopic (exact) mass is 299 g/mol. The lowest BCUT2D eigenvalue weighted by atomic mass is 10.2. The van der Waals surface area contributed by atoms with Crippen LogP contribution in [0, 0.1) is 0 Å². The number of carbonyl (C=O) groups is 2. The van der Waals surface area contributed by atoms with Gasteiger partial charge in [-0.3, -0.25) is 14.7 Å². The molecule has 1 aliphatic rings. The van der Waals surface area contributed by atoms with Crippen LogP contribution in [0.25, 0.3) is 0 Å². The normalized spacial score (nSPS) is 15.0. The predicted molar refractivity (Wildman–Crippen MR) is 78.7 cm³/mol. The highest BCUT2D eigenvalue weighted by Gasteiger charge is 2.35. The molecule has 2 aromatic rings. The number of imidazole rings is 1. The standard InChI is InChI=1S/C15H17N5O2/c1-18-11-17-8-13(18)9-19-10-14(21)20(15(19)22)6-4-12-3-2-5-16-7-12/h2-3,5,7-8,11H,4,6,9-10H2,1H3. The van der Waals surface area contributed by atoms with E-state index in [4.69, 9.17) is 0 Å². The molecule has 0 radical (unpaired) electrons. The summed E-state index contributed by atoms with van der Waals surface area (Å²) < 4.78 is 1.84. The van der Waals surface area contributed by atoms with Crippen molar-refractivity contribution >= 4 is 11.9 Å². The van der Waals surface area contributed by atoms with Crippen molar-refractivity contribution in [2.24, 2.45) is 7.05 Å². The highest BCUT2D eigenvalue weighted by molar-refractivity contribution is 6.01. The summed E-state index contributed by atoms with van der Waals surface area (Å²) in [7, 11) is 1.87. The Morgan fingerprint density at radius 1 is 1.23 bits per heavy atom. The van der Waals surface area contributed by atoms with Crippen LogP contribution < -0.4 is 0 Å². The number of rotatable bonds is 5. The molecule has 3 heterocycles. The zero-order valence-electron chi connectivity index (χ0n) is 12.3. The van der Waals surface area contributed by atoms with Crippen molar-refractivity contribution in [2.75, 3.05) is 13.1 Å². The quantitative estimate of drug-likeness (QED) is 0.766. The summed E-state index contributed by atoms with van der Waals surface area (Å²) >= 11 is 0. The number of urea groups is 1. The molecule has 1 fully saturated rings. The second-order valence-electron chi connectivity index (χ2n) is 5.29. The second kappa shape index (κ2) is 5.97. The molecule has 7 heteroatoms. The molecule has 114 valence electrons. The lowest BCUT2D eigenvalue weighted by Gasteiger charge is -2.17. The molecule has 7 nitrogen and oxygen atoms in total. The Hall–Kier alpha value is -2.70. The van der Waals surface area contributed by atoms with Crippen molar-refractivity contribution < 1.29 is 9.59 Å². The molecular weight excluding hydrogens is 282 g/mol. The smallest absolute Gasteiger partial charge is 0.327 e. The number of carbonyl (C=O) groups excluding carboxylic acids is 2. The number of imide groups is 1. The average molecular weight is 299 g/mol. The van der Waals surface area contributed by atoms with Gasteiger partial charge in [0, 0.05) is 32.2 Å². The van der Waals surface area contributed by atoms with Crippen LogP contribution in [-0.2, 0) is 24.8 Å². The molecule has 3 rings (SSSR count). The first kappa shape index (κ1) is 14.2. The number of aromatic nitrogens is 3. The van der Waals surface area contributed by atoms with Gasteiger partial charge in [-0.05, 0) is 18.1 Å². The fourth-order valence-electron chi connectivity index (χ4n) is 2.46. The molecule has 0 spiro atoms. The number of hydrogen-bond acceptors (Lipinski definition) is 4. The first-order chi connectivity index (χ1) is 10.6. The minimum atomic E-state index is -0.241. The summed E-state index contributed by atoms with van der Waals surface area (Å²) in [5.74, 6) is -0.156. The summed E-state index contributed by atoms with van der Waals surface area (Å²) in [6.45, 7) is 0.896. The summed E-state index contributed by atoms with van der Waals surface area (Å²) in [5.41, 5.74) is 1.91. The summed E-state index contributed by atoms with van der Waals surface area (Å²) in [5, 5.41) is 0. The third-order valence-corrected chi connectivity index (χ3v) is 3.74. The van der Waals surface area contributed by atoms with Crippen molar-refractivity contribution in [3.8, 4) is 0 Å². The summed E-state index contributed by atoms with van der Waals surface area (Å²) in [6.07, 6.45) is 7.45. The first-order valence-electron chi connectivity index (χ1n) is 7.08. The maximum absolute atomic E-state index is 12.4. The molecule has 3 amide bonds. The van der Waals surface area contributed by atoms with Crippen LogP contribution in [0.1, 0.15) is 11.3 Å². The van der Waals surface area contributed by atoms with E-state index < -0.39 is 0 Å². The minimum absolute atomic E-state index is 0.122. The molecule has 0 unspecified atom stereocenters. The van der Waals surface area contributed by atoms with Crippen molar-refractivity contribution in [3.63, 3.8) is 0 Å². The Labute approximate surface area is 128 Å². The van der Waals surface area contributed by atoms with Gasteiger partial charge >= 0.3 is 6.03 Å². The lowest BCUT2D eigenvalue weighted by molar-refractivity contribution is -0.125. The molecule has 0 saturated carbocycles. The summed E-state index contributed by atoms with van der Waals surface area (Å²) in [4.78, 5) is 35.3. The van der Waals surface area contributed by atoms with Crippen molar-refractivity contribution in [1.29, 1.82) is 0 Å². The highest BCUT2D eigenvalue weighted by atomic mass is 16.2. The van der Waals surface area contributed by atoms with E-state index in [1.54, 1.807) is 29.8 Å². The van der Waals surface area contributed by atoms with Gasteiger partial charge in [-0.15, -0.1) is 0 Å². The Morgan fingerprint density at radius 3 is 2.77 bits per heavy atom. The Morgan fingerprint density at radius 2 is 2.09 bits per heavy atom. The maximum atomic E-state index is 12.4. The molecule has 0 aliphatic carbocycles. The van der Waals surface area contributed by atoms with Gasteiger partial charge in [-0.2, -0.15) is 0 Å². The number of hydrogen-bond donors (Lipinski definition) is 0. The van der Waals surface area contributed by atoms with E-state index in [1.165, 1.54) is 4.90 Å². The van der Waals surface area contributed by atoms with Crippen LogP contribution in [0.2, 0.25) is 0 Å². The maximum Gasteiger partial charge on any atom is 0.327 e. The van der Waals surface area contributed by atoms with Crippen molar-refractivity contribution in [2.45, 2.75) is 13.0 Å². The van der Waals surface area contributed by atoms with Gasteiger partial charge in [0.05, 0.1) is 18.6 Å². The molecular formula is C15H17N5O2. The Balaban J connectivity index is 1.63. The van der Waals surface area contributed by atoms with Gasteiger partial charge in [0.15, 0.2) is 0 Å². The number of amides is 3. The van der Waals surface area contributed by atoms with E-state index in [1.807, 2.05) is 23.7 Å². The minimum Gasteiger partial charge on any atom is -0.336 e. The molecule has 0 bridgehead atoms. The van der Waals surface area contributed by atoms with Crippen LogP contribution in [-0.4, -0.2) is 49.4 Å². The van der Waals surface area contributed by atoms with Gasteiger partial charge < -0.3 is 9.47 Å². The van der Waals surface area contributed by atoms with E-state index in [2.05, 4.69) is 9.97 Å². The molecule has 2 aromatic heterocycles. The molecule has 0 aromatic carbocycles. The zero-order chi connectivity index (χ0) is 15.5. The molecule has 22 heavy (non-hydrogen) atoms. The van der Waals surface area contributed by atoms with Crippen molar-refractivity contribution in [3.05, 3.63) is 48.3 Å². The average Bonchev–Trinajstić information content (AvgIpc) is 3.03. The Kier molecular flexibility index (Phi) is 3.86. The molecule has 1 saturated heterocycles. The summed E-state index contributed by atoms with van der Waals surface area (Å²) in [6, 6.07) is 3.54. The van der Waals surface area contributed by atoms with Gasteiger partial charge in [-0.25, -0.2) is 9.78 Å².